The van der Waals surface area contributed by atoms with Crippen molar-refractivity contribution in [1.29, 1.82) is 0 Å². The molecule has 0 spiro atoms. The Bertz CT molecular complexity index is 1130. The molecule has 0 unspecified atom stereocenters. The third-order valence-corrected chi connectivity index (χ3v) is 6.69. The molecule has 8 heteroatoms. The van der Waals surface area contributed by atoms with Crippen LogP contribution in [0.25, 0.3) is 11.0 Å². The van der Waals surface area contributed by atoms with E-state index in [2.05, 4.69) is 21.0 Å². The highest BCUT2D eigenvalue weighted by molar-refractivity contribution is 5.90. The van der Waals surface area contributed by atoms with Gasteiger partial charge in [0.25, 0.3) is 0 Å². The molecule has 2 fully saturated rings. The Hall–Kier alpha value is -3.26. The van der Waals surface area contributed by atoms with E-state index in [1.807, 2.05) is 18.2 Å². The van der Waals surface area contributed by atoms with Gasteiger partial charge in [-0.3, -0.25) is 4.90 Å². The van der Waals surface area contributed by atoms with Gasteiger partial charge >= 0.3 is 5.97 Å². The first-order valence-corrected chi connectivity index (χ1v) is 11.4. The normalized spacial score (nSPS) is 21.0. The number of piperazine rings is 1. The topological polar surface area (TPSA) is 77.3 Å². The van der Waals surface area contributed by atoms with Gasteiger partial charge in [0.1, 0.15) is 11.5 Å². The highest BCUT2D eigenvalue weighted by atomic mass is 16.5. The van der Waals surface area contributed by atoms with E-state index >= 15 is 0 Å². The second-order valence-electron chi connectivity index (χ2n) is 8.74. The summed E-state index contributed by atoms with van der Waals surface area (Å²) in [5.41, 5.74) is 1.26. The molecule has 2 aliphatic heterocycles. The number of carbonyl (C=O) groups is 1. The lowest BCUT2D eigenvalue weighted by Gasteiger charge is -2.46. The van der Waals surface area contributed by atoms with Crippen molar-refractivity contribution >= 4 is 22.8 Å². The number of anilines is 1. The number of para-hydroxylation sites is 1. The summed E-state index contributed by atoms with van der Waals surface area (Å²) in [7, 11) is 2.94. The van der Waals surface area contributed by atoms with Crippen LogP contribution in [0.15, 0.2) is 47.0 Å². The van der Waals surface area contributed by atoms with Crippen molar-refractivity contribution in [3.05, 3.63) is 48.0 Å². The van der Waals surface area contributed by atoms with Crippen molar-refractivity contribution in [3.63, 3.8) is 0 Å². The molecule has 174 valence electrons. The van der Waals surface area contributed by atoms with Crippen molar-refractivity contribution in [1.82, 2.24) is 10.1 Å². The summed E-state index contributed by atoms with van der Waals surface area (Å²) in [6.07, 6.45) is 2.22. The quantitative estimate of drug-likeness (QED) is 0.526. The Morgan fingerprint density at radius 1 is 1.09 bits per heavy atom. The number of esters is 1. The second kappa shape index (κ2) is 9.31. The first-order valence-electron chi connectivity index (χ1n) is 11.4. The van der Waals surface area contributed by atoms with Crippen molar-refractivity contribution in [2.75, 3.05) is 51.9 Å². The fourth-order valence-electron chi connectivity index (χ4n) is 4.91. The van der Waals surface area contributed by atoms with E-state index in [0.29, 0.717) is 35.6 Å². The number of nitrogens with zero attached hydrogens (tertiary/aromatic N) is 3. The van der Waals surface area contributed by atoms with Gasteiger partial charge < -0.3 is 23.6 Å². The zero-order chi connectivity index (χ0) is 22.8. The molecular formula is C25H29N3O5. The van der Waals surface area contributed by atoms with E-state index in [9.17, 15) is 4.79 Å². The number of hydrogen-bond acceptors (Lipinski definition) is 8. The van der Waals surface area contributed by atoms with Crippen molar-refractivity contribution in [3.8, 4) is 11.5 Å². The fourth-order valence-corrected chi connectivity index (χ4v) is 4.91. The molecule has 3 aromatic rings. The van der Waals surface area contributed by atoms with Gasteiger partial charge in [-0.25, -0.2) is 4.79 Å². The fraction of sp³-hybridized carbons (Fsp3) is 0.440. The van der Waals surface area contributed by atoms with Crippen LogP contribution >= 0.6 is 0 Å². The summed E-state index contributed by atoms with van der Waals surface area (Å²) in [5.74, 6) is 2.19. The largest absolute Gasteiger partial charge is 0.497 e. The lowest BCUT2D eigenvalue weighted by Crippen LogP contribution is -2.57. The molecule has 2 aliphatic rings. The molecule has 0 aliphatic carbocycles. The maximum atomic E-state index is 11.9. The summed E-state index contributed by atoms with van der Waals surface area (Å²) < 4.78 is 21.7. The first kappa shape index (κ1) is 21.6. The standard InChI is InChI=1S/C25H29N3O5/c1-30-20-11-18(25(29)31-2)12-21(13-20)32-16-17-7-8-19-15-28(10-9-27(19)14-17)24-22-5-3-4-6-23(22)33-26-24/h3-6,11-13,17,19H,7-10,14-16H2,1-2H3/t17-,19-/m1/s1. The molecule has 2 aromatic carbocycles. The van der Waals surface area contributed by atoms with Crippen LogP contribution in [0.3, 0.4) is 0 Å². The molecule has 1 aromatic heterocycles. The van der Waals surface area contributed by atoms with E-state index in [-0.39, 0.29) is 0 Å². The number of rotatable bonds is 6. The average molecular weight is 452 g/mol. The predicted molar refractivity (Wildman–Crippen MR) is 124 cm³/mol. The van der Waals surface area contributed by atoms with Gasteiger partial charge in [-0.15, -0.1) is 0 Å². The van der Waals surface area contributed by atoms with E-state index in [1.54, 1.807) is 25.3 Å². The van der Waals surface area contributed by atoms with Crippen LogP contribution in [0.5, 0.6) is 11.5 Å². The zero-order valence-corrected chi connectivity index (χ0v) is 19.0. The molecular weight excluding hydrogens is 422 g/mol. The molecule has 0 N–H and O–H groups in total. The number of aromatic nitrogens is 1. The van der Waals surface area contributed by atoms with E-state index in [1.165, 1.54) is 7.11 Å². The Balaban J connectivity index is 1.19. The maximum absolute atomic E-state index is 11.9. The van der Waals surface area contributed by atoms with Crippen LogP contribution in [0.1, 0.15) is 23.2 Å². The van der Waals surface area contributed by atoms with Crippen LogP contribution in [0, 0.1) is 5.92 Å². The maximum Gasteiger partial charge on any atom is 0.338 e. The highest BCUT2D eigenvalue weighted by Crippen LogP contribution is 2.32. The van der Waals surface area contributed by atoms with Gasteiger partial charge in [0.15, 0.2) is 11.4 Å². The van der Waals surface area contributed by atoms with Gasteiger partial charge in [-0.05, 0) is 37.1 Å². The van der Waals surface area contributed by atoms with Crippen LogP contribution in [-0.2, 0) is 4.74 Å². The number of benzene rings is 2. The van der Waals surface area contributed by atoms with Crippen LogP contribution in [0.4, 0.5) is 5.82 Å². The Kier molecular flexibility index (Phi) is 6.09. The summed E-state index contributed by atoms with van der Waals surface area (Å²) >= 11 is 0. The van der Waals surface area contributed by atoms with Crippen molar-refractivity contribution in [2.24, 2.45) is 5.92 Å². The predicted octanol–water partition coefficient (Wildman–Crippen LogP) is 3.60. The molecule has 5 rings (SSSR count). The summed E-state index contributed by atoms with van der Waals surface area (Å²) in [6, 6.07) is 13.7. The Morgan fingerprint density at radius 2 is 1.94 bits per heavy atom. The third-order valence-electron chi connectivity index (χ3n) is 6.69. The SMILES string of the molecule is COC(=O)c1cc(OC)cc(OC[C@@H]2CC[C@@H]3CN(c4noc5ccccc45)CCN3C2)c1. The number of carbonyl (C=O) groups excluding carboxylic acids is 1. The molecule has 2 saturated heterocycles. The van der Waals surface area contributed by atoms with Gasteiger partial charge in [-0.1, -0.05) is 17.3 Å². The Morgan fingerprint density at radius 3 is 2.79 bits per heavy atom. The van der Waals surface area contributed by atoms with Crippen molar-refractivity contribution in [2.45, 2.75) is 18.9 Å². The molecule has 3 heterocycles. The van der Waals surface area contributed by atoms with Crippen LogP contribution < -0.4 is 14.4 Å². The number of methoxy groups -OCH3 is 2. The molecule has 0 radical (unpaired) electrons. The van der Waals surface area contributed by atoms with E-state index in [0.717, 1.165) is 55.8 Å². The minimum atomic E-state index is -0.406. The lowest BCUT2D eigenvalue weighted by atomic mass is 9.91. The molecule has 2 atom stereocenters. The smallest absolute Gasteiger partial charge is 0.338 e. The number of piperidine rings is 1. The number of hydrogen-bond donors (Lipinski definition) is 0. The minimum Gasteiger partial charge on any atom is -0.497 e. The third kappa shape index (κ3) is 4.48. The van der Waals surface area contributed by atoms with Crippen LogP contribution in [-0.4, -0.2) is 69.1 Å². The minimum absolute atomic E-state index is 0.406. The lowest BCUT2D eigenvalue weighted by molar-refractivity contribution is 0.0598. The van der Waals surface area contributed by atoms with E-state index in [4.69, 9.17) is 18.7 Å². The first-order chi connectivity index (χ1) is 16.1. The highest BCUT2D eigenvalue weighted by Gasteiger charge is 2.34. The molecule has 8 nitrogen and oxygen atoms in total. The number of ether oxygens (including phenoxy) is 3. The molecule has 0 amide bonds. The second-order valence-corrected chi connectivity index (χ2v) is 8.74. The zero-order valence-electron chi connectivity index (χ0n) is 19.0. The monoisotopic (exact) mass is 451 g/mol. The average Bonchev–Trinajstić information content (AvgIpc) is 3.30. The van der Waals surface area contributed by atoms with Crippen molar-refractivity contribution < 1.29 is 23.5 Å². The van der Waals surface area contributed by atoms with Gasteiger partial charge in [-0.2, -0.15) is 0 Å². The molecule has 33 heavy (non-hydrogen) atoms. The van der Waals surface area contributed by atoms with Gasteiger partial charge in [0.2, 0.25) is 0 Å². The molecule has 0 saturated carbocycles. The summed E-state index contributed by atoms with van der Waals surface area (Å²) in [5, 5.41) is 5.42. The number of fused-ring (bicyclic) bond motifs is 2. The van der Waals surface area contributed by atoms with Gasteiger partial charge in [0.05, 0.1) is 31.8 Å². The Labute approximate surface area is 193 Å². The summed E-state index contributed by atoms with van der Waals surface area (Å²) in [6.45, 7) is 4.50. The van der Waals surface area contributed by atoms with E-state index < -0.39 is 5.97 Å². The van der Waals surface area contributed by atoms with Gasteiger partial charge in [0, 0.05) is 44.2 Å². The molecule has 0 bridgehead atoms. The summed E-state index contributed by atoms with van der Waals surface area (Å²) in [4.78, 5) is 16.9. The van der Waals surface area contributed by atoms with Crippen LogP contribution in [0.2, 0.25) is 0 Å².